The van der Waals surface area contributed by atoms with Crippen molar-refractivity contribution in [2.75, 3.05) is 24.0 Å². The molecule has 0 unspecified atom stereocenters. The summed E-state index contributed by atoms with van der Waals surface area (Å²) in [7, 11) is 3.39. The molecule has 0 radical (unpaired) electrons. The summed E-state index contributed by atoms with van der Waals surface area (Å²) < 4.78 is 10.9. The molecule has 0 amide bonds. The Morgan fingerprint density at radius 3 is 0.957 bits per heavy atom. The first-order chi connectivity index (χ1) is 22.3. The fraction of sp³-hybridized carbons (Fsp3) is 0.143. The normalized spacial score (nSPS) is 10.8. The van der Waals surface area contributed by atoms with Gasteiger partial charge in [0, 0.05) is 34.1 Å². The predicted octanol–water partition coefficient (Wildman–Crippen LogP) is 11.5. The maximum atomic E-state index is 5.43. The lowest BCUT2D eigenvalue weighted by Gasteiger charge is -2.28. The Bertz CT molecular complexity index is 1780. The van der Waals surface area contributed by atoms with Gasteiger partial charge in [0.1, 0.15) is 11.5 Å². The van der Waals surface area contributed by atoms with Gasteiger partial charge in [0.25, 0.3) is 0 Å². The van der Waals surface area contributed by atoms with Crippen LogP contribution in [-0.4, -0.2) is 14.2 Å². The first kappa shape index (κ1) is 30.5. The SMILES string of the molecule is COc1ccc(N(c2ccc(C)cc2)c2ccc(-c3ccc(N(c4ccc(C)cc4)c4ccc(OC)cc4)c(C)c3)cc2C)cc1. The lowest BCUT2D eigenvalue weighted by molar-refractivity contribution is 0.414. The first-order valence-electron chi connectivity index (χ1n) is 15.6. The second kappa shape index (κ2) is 13.3. The minimum Gasteiger partial charge on any atom is -0.497 e. The summed E-state index contributed by atoms with van der Waals surface area (Å²) in [6.07, 6.45) is 0. The van der Waals surface area contributed by atoms with E-state index in [1.807, 2.05) is 24.3 Å². The summed E-state index contributed by atoms with van der Waals surface area (Å²) in [4.78, 5) is 4.61. The molecule has 4 heteroatoms. The minimum atomic E-state index is 0.839. The van der Waals surface area contributed by atoms with Gasteiger partial charge in [-0.2, -0.15) is 0 Å². The van der Waals surface area contributed by atoms with Crippen molar-refractivity contribution in [3.05, 3.63) is 156 Å². The van der Waals surface area contributed by atoms with Gasteiger partial charge < -0.3 is 19.3 Å². The van der Waals surface area contributed by atoms with Gasteiger partial charge in [-0.1, -0.05) is 47.5 Å². The van der Waals surface area contributed by atoms with Gasteiger partial charge in [-0.15, -0.1) is 0 Å². The highest BCUT2D eigenvalue weighted by Gasteiger charge is 2.18. The Kier molecular flexibility index (Phi) is 8.80. The van der Waals surface area contributed by atoms with E-state index in [2.05, 4.69) is 147 Å². The number of rotatable bonds is 9. The van der Waals surface area contributed by atoms with Crippen LogP contribution >= 0.6 is 0 Å². The molecule has 6 aromatic carbocycles. The van der Waals surface area contributed by atoms with Gasteiger partial charge in [0.05, 0.1) is 14.2 Å². The zero-order valence-corrected chi connectivity index (χ0v) is 27.4. The van der Waals surface area contributed by atoms with Crippen LogP contribution < -0.4 is 19.3 Å². The van der Waals surface area contributed by atoms with Crippen LogP contribution in [0, 0.1) is 27.7 Å². The van der Waals surface area contributed by atoms with E-state index in [-0.39, 0.29) is 0 Å². The lowest BCUT2D eigenvalue weighted by Crippen LogP contribution is -2.12. The van der Waals surface area contributed by atoms with E-state index in [0.717, 1.165) is 45.6 Å². The molecule has 0 saturated heterocycles. The van der Waals surface area contributed by atoms with E-state index in [9.17, 15) is 0 Å². The summed E-state index contributed by atoms with van der Waals surface area (Å²) in [6.45, 7) is 8.61. The summed E-state index contributed by atoms with van der Waals surface area (Å²) in [6, 6.07) is 47.3. The van der Waals surface area contributed by atoms with Crippen molar-refractivity contribution in [2.45, 2.75) is 27.7 Å². The lowest BCUT2D eigenvalue weighted by atomic mass is 9.98. The zero-order valence-electron chi connectivity index (χ0n) is 27.4. The van der Waals surface area contributed by atoms with Crippen molar-refractivity contribution in [1.82, 2.24) is 0 Å². The molecule has 0 heterocycles. The van der Waals surface area contributed by atoms with Gasteiger partial charge in [-0.3, -0.25) is 0 Å². The highest BCUT2D eigenvalue weighted by Crippen LogP contribution is 2.41. The standard InChI is InChI=1S/C42H40N2O2/c1-29-7-13-35(14-8-29)43(37-17-21-39(45-5)22-18-37)41-25-11-33(27-31(41)3)34-12-26-42(32(4)28-34)44(36-15-9-30(2)10-16-36)38-19-23-40(46-6)24-20-38/h7-28H,1-6H3. The Hall–Kier alpha value is -5.48. The molecule has 6 rings (SSSR count). The van der Waals surface area contributed by atoms with Crippen molar-refractivity contribution in [1.29, 1.82) is 0 Å². The summed E-state index contributed by atoms with van der Waals surface area (Å²) >= 11 is 0. The van der Waals surface area contributed by atoms with Crippen LogP contribution in [0.3, 0.4) is 0 Å². The smallest absolute Gasteiger partial charge is 0.119 e. The number of hydrogen-bond donors (Lipinski definition) is 0. The van der Waals surface area contributed by atoms with Crippen LogP contribution in [-0.2, 0) is 0 Å². The molecular weight excluding hydrogens is 564 g/mol. The third kappa shape index (κ3) is 6.33. The van der Waals surface area contributed by atoms with E-state index in [1.165, 1.54) is 33.4 Å². The van der Waals surface area contributed by atoms with E-state index >= 15 is 0 Å². The summed E-state index contributed by atoms with van der Waals surface area (Å²) in [5.41, 5.74) is 13.9. The first-order valence-corrected chi connectivity index (χ1v) is 15.6. The van der Waals surface area contributed by atoms with Gasteiger partial charge >= 0.3 is 0 Å². The molecule has 6 aromatic rings. The van der Waals surface area contributed by atoms with Crippen molar-refractivity contribution in [3.63, 3.8) is 0 Å². The average molecular weight is 605 g/mol. The maximum Gasteiger partial charge on any atom is 0.119 e. The number of benzene rings is 6. The fourth-order valence-corrected chi connectivity index (χ4v) is 5.88. The van der Waals surface area contributed by atoms with Gasteiger partial charge in [0.15, 0.2) is 0 Å². The molecule has 0 saturated carbocycles. The fourth-order valence-electron chi connectivity index (χ4n) is 5.88. The Morgan fingerprint density at radius 2 is 0.674 bits per heavy atom. The van der Waals surface area contributed by atoms with Crippen molar-refractivity contribution in [2.24, 2.45) is 0 Å². The molecule has 0 aliphatic rings. The van der Waals surface area contributed by atoms with Crippen LogP contribution in [0.5, 0.6) is 11.5 Å². The molecule has 46 heavy (non-hydrogen) atoms. The molecular formula is C42H40N2O2. The van der Waals surface area contributed by atoms with Crippen LogP contribution in [0.4, 0.5) is 34.1 Å². The van der Waals surface area contributed by atoms with Crippen LogP contribution in [0.25, 0.3) is 11.1 Å². The highest BCUT2D eigenvalue weighted by atomic mass is 16.5. The molecule has 0 aliphatic carbocycles. The molecule has 4 nitrogen and oxygen atoms in total. The van der Waals surface area contributed by atoms with Crippen molar-refractivity contribution < 1.29 is 9.47 Å². The molecule has 0 spiro atoms. The van der Waals surface area contributed by atoms with Gasteiger partial charge in [-0.05, 0) is 147 Å². The summed E-state index contributed by atoms with van der Waals surface area (Å²) in [5.74, 6) is 1.68. The maximum absolute atomic E-state index is 5.43. The third-order valence-corrected chi connectivity index (χ3v) is 8.45. The van der Waals surface area contributed by atoms with Gasteiger partial charge in [0.2, 0.25) is 0 Å². The monoisotopic (exact) mass is 604 g/mol. The van der Waals surface area contributed by atoms with Crippen LogP contribution in [0.2, 0.25) is 0 Å². The second-order valence-electron chi connectivity index (χ2n) is 11.7. The largest absolute Gasteiger partial charge is 0.497 e. The number of nitrogens with zero attached hydrogens (tertiary/aromatic N) is 2. The molecule has 0 aromatic heterocycles. The Labute approximate surface area is 273 Å². The van der Waals surface area contributed by atoms with Crippen molar-refractivity contribution >= 4 is 34.1 Å². The zero-order chi connectivity index (χ0) is 32.2. The van der Waals surface area contributed by atoms with E-state index in [4.69, 9.17) is 9.47 Å². The molecule has 0 atom stereocenters. The molecule has 0 bridgehead atoms. The van der Waals surface area contributed by atoms with Crippen molar-refractivity contribution in [3.8, 4) is 22.6 Å². The third-order valence-electron chi connectivity index (χ3n) is 8.45. The van der Waals surface area contributed by atoms with E-state index in [0.29, 0.717) is 0 Å². The molecule has 0 aliphatic heterocycles. The predicted molar refractivity (Wildman–Crippen MR) is 193 cm³/mol. The molecule has 0 fully saturated rings. The molecule has 230 valence electrons. The minimum absolute atomic E-state index is 0.839. The Morgan fingerprint density at radius 1 is 0.370 bits per heavy atom. The quantitative estimate of drug-likeness (QED) is 0.164. The van der Waals surface area contributed by atoms with Crippen LogP contribution in [0.1, 0.15) is 22.3 Å². The number of methoxy groups -OCH3 is 2. The molecule has 0 N–H and O–H groups in total. The number of anilines is 6. The second-order valence-corrected chi connectivity index (χ2v) is 11.7. The Balaban J connectivity index is 1.37. The number of ether oxygens (including phenoxy) is 2. The van der Waals surface area contributed by atoms with Crippen LogP contribution in [0.15, 0.2) is 133 Å². The number of hydrogen-bond acceptors (Lipinski definition) is 4. The average Bonchev–Trinajstić information content (AvgIpc) is 3.08. The van der Waals surface area contributed by atoms with Gasteiger partial charge in [-0.25, -0.2) is 0 Å². The highest BCUT2D eigenvalue weighted by molar-refractivity contribution is 5.83. The number of aryl methyl sites for hydroxylation is 4. The van der Waals surface area contributed by atoms with E-state index in [1.54, 1.807) is 14.2 Å². The summed E-state index contributed by atoms with van der Waals surface area (Å²) in [5, 5.41) is 0. The topological polar surface area (TPSA) is 24.9 Å². The van der Waals surface area contributed by atoms with E-state index < -0.39 is 0 Å².